The number of aryl methyl sites for hydroxylation is 1. The molecule has 196 valence electrons. The van der Waals surface area contributed by atoms with Crippen molar-refractivity contribution in [2.45, 2.75) is 46.3 Å². The fraction of sp³-hybridized carbons (Fsp3) is 0.258. The van der Waals surface area contributed by atoms with Crippen LogP contribution in [0.3, 0.4) is 0 Å². The van der Waals surface area contributed by atoms with Crippen molar-refractivity contribution in [2.24, 2.45) is 0 Å². The number of carbonyl (C=O) groups is 3. The molecule has 1 aliphatic rings. The van der Waals surface area contributed by atoms with Crippen LogP contribution in [0.25, 0.3) is 5.76 Å². The molecule has 1 saturated heterocycles. The van der Waals surface area contributed by atoms with Crippen LogP contribution in [0, 0.1) is 6.92 Å². The van der Waals surface area contributed by atoms with Crippen LogP contribution in [-0.2, 0) is 14.3 Å². The molecule has 7 heteroatoms. The summed E-state index contributed by atoms with van der Waals surface area (Å²) in [5, 5.41) is 11.4. The molecule has 0 radical (unpaired) electrons. The van der Waals surface area contributed by atoms with E-state index in [1.165, 1.54) is 11.0 Å². The van der Waals surface area contributed by atoms with Gasteiger partial charge in [-0.3, -0.25) is 14.5 Å². The number of hydrogen-bond donors (Lipinski definition) is 1. The Balaban J connectivity index is 1.84. The van der Waals surface area contributed by atoms with Gasteiger partial charge >= 0.3 is 5.97 Å². The number of rotatable bonds is 8. The van der Waals surface area contributed by atoms with Gasteiger partial charge in [0.15, 0.2) is 0 Å². The zero-order valence-electron chi connectivity index (χ0n) is 21.9. The summed E-state index contributed by atoms with van der Waals surface area (Å²) in [5.41, 5.74) is 2.41. The van der Waals surface area contributed by atoms with E-state index in [9.17, 15) is 19.5 Å². The van der Waals surface area contributed by atoms with Gasteiger partial charge in [-0.1, -0.05) is 43.3 Å². The molecule has 0 spiro atoms. The second-order valence-corrected chi connectivity index (χ2v) is 9.41. The highest BCUT2D eigenvalue weighted by atomic mass is 16.5. The van der Waals surface area contributed by atoms with E-state index >= 15 is 0 Å². The number of anilines is 1. The van der Waals surface area contributed by atoms with Crippen LogP contribution in [0.1, 0.15) is 60.3 Å². The van der Waals surface area contributed by atoms with E-state index in [0.717, 1.165) is 5.56 Å². The Morgan fingerprint density at radius 2 is 1.71 bits per heavy atom. The van der Waals surface area contributed by atoms with Gasteiger partial charge in [-0.2, -0.15) is 0 Å². The van der Waals surface area contributed by atoms with Crippen LogP contribution in [0.5, 0.6) is 5.75 Å². The van der Waals surface area contributed by atoms with E-state index in [-0.39, 0.29) is 29.6 Å². The number of nitrogens with zero attached hydrogens (tertiary/aromatic N) is 1. The van der Waals surface area contributed by atoms with Crippen LogP contribution >= 0.6 is 0 Å². The first-order chi connectivity index (χ1) is 18.2. The number of ether oxygens (including phenoxy) is 2. The second-order valence-electron chi connectivity index (χ2n) is 9.41. The number of Topliss-reactive ketones (excluding diaryl/α,β-unsaturated/α-hetero) is 1. The summed E-state index contributed by atoms with van der Waals surface area (Å²) in [6, 6.07) is 19.7. The highest BCUT2D eigenvalue weighted by molar-refractivity contribution is 6.51. The highest BCUT2D eigenvalue weighted by Gasteiger charge is 2.47. The van der Waals surface area contributed by atoms with Gasteiger partial charge in [0, 0.05) is 11.3 Å². The lowest BCUT2D eigenvalue weighted by Crippen LogP contribution is -2.29. The Hall–Kier alpha value is -4.39. The van der Waals surface area contributed by atoms with Crippen molar-refractivity contribution in [3.63, 3.8) is 0 Å². The third-order valence-corrected chi connectivity index (χ3v) is 6.17. The Morgan fingerprint density at radius 1 is 0.974 bits per heavy atom. The number of esters is 1. The molecule has 1 unspecified atom stereocenters. The van der Waals surface area contributed by atoms with Crippen molar-refractivity contribution in [1.29, 1.82) is 0 Å². The minimum absolute atomic E-state index is 0.0217. The van der Waals surface area contributed by atoms with Gasteiger partial charge in [0.2, 0.25) is 0 Å². The number of aliphatic hydroxyl groups excluding tert-OH is 1. The van der Waals surface area contributed by atoms with Gasteiger partial charge < -0.3 is 14.6 Å². The molecule has 38 heavy (non-hydrogen) atoms. The maximum Gasteiger partial charge on any atom is 0.338 e. The Bertz CT molecular complexity index is 1390. The maximum atomic E-state index is 13.4. The molecule has 1 fully saturated rings. The van der Waals surface area contributed by atoms with E-state index in [1.807, 2.05) is 33.8 Å². The van der Waals surface area contributed by atoms with Gasteiger partial charge in [0.1, 0.15) is 11.5 Å². The highest BCUT2D eigenvalue weighted by Crippen LogP contribution is 2.42. The minimum atomic E-state index is -0.898. The summed E-state index contributed by atoms with van der Waals surface area (Å²) in [6.45, 7) is 7.87. The molecular weight excluding hydrogens is 482 g/mol. The number of aliphatic hydroxyl groups is 1. The molecule has 4 rings (SSSR count). The average molecular weight is 514 g/mol. The normalized spacial score (nSPS) is 16.7. The standard InChI is InChI=1S/C31H31NO6/c1-5-16-37-31(36)23-12-9-13-24(18-23)32-27(21-10-7-6-8-11-21)26(29(34)30(32)35)28(33)22-14-15-25(20(4)17-22)38-19(2)3/h6-15,17-19,27,33H,5,16H2,1-4H3/b28-26+. The monoisotopic (exact) mass is 513 g/mol. The van der Waals surface area contributed by atoms with Crippen LogP contribution in [-0.4, -0.2) is 35.5 Å². The van der Waals surface area contributed by atoms with Crippen molar-refractivity contribution in [2.75, 3.05) is 11.5 Å². The molecular formula is C31H31NO6. The molecule has 0 saturated carbocycles. The molecule has 0 bridgehead atoms. The molecule has 3 aromatic carbocycles. The van der Waals surface area contributed by atoms with Crippen molar-refractivity contribution in [3.05, 3.63) is 101 Å². The van der Waals surface area contributed by atoms with E-state index in [4.69, 9.17) is 9.47 Å². The van der Waals surface area contributed by atoms with Crippen LogP contribution < -0.4 is 9.64 Å². The second kappa shape index (κ2) is 11.3. The summed E-state index contributed by atoms with van der Waals surface area (Å²) in [7, 11) is 0. The molecule has 1 atom stereocenters. The fourth-order valence-electron chi connectivity index (χ4n) is 4.45. The Kier molecular flexibility index (Phi) is 7.96. The van der Waals surface area contributed by atoms with Crippen molar-refractivity contribution in [3.8, 4) is 5.75 Å². The third-order valence-electron chi connectivity index (χ3n) is 6.17. The van der Waals surface area contributed by atoms with E-state index < -0.39 is 23.7 Å². The van der Waals surface area contributed by atoms with Gasteiger partial charge in [-0.15, -0.1) is 0 Å². The lowest BCUT2D eigenvalue weighted by atomic mass is 9.94. The van der Waals surface area contributed by atoms with E-state index in [1.54, 1.807) is 60.7 Å². The molecule has 7 nitrogen and oxygen atoms in total. The zero-order valence-corrected chi connectivity index (χ0v) is 21.9. The fourth-order valence-corrected chi connectivity index (χ4v) is 4.45. The first-order valence-corrected chi connectivity index (χ1v) is 12.6. The number of amides is 1. The number of ketones is 1. The van der Waals surface area contributed by atoms with Crippen LogP contribution in [0.15, 0.2) is 78.4 Å². The quantitative estimate of drug-likeness (QED) is 0.173. The Labute approximate surface area is 222 Å². The molecule has 1 heterocycles. The predicted octanol–water partition coefficient (Wildman–Crippen LogP) is 5.98. The molecule has 0 aromatic heterocycles. The molecule has 3 aromatic rings. The van der Waals surface area contributed by atoms with Crippen molar-refractivity contribution in [1.82, 2.24) is 0 Å². The summed E-state index contributed by atoms with van der Waals surface area (Å²) in [5.74, 6) is -1.73. The molecule has 1 amide bonds. The van der Waals surface area contributed by atoms with Crippen LogP contribution in [0.2, 0.25) is 0 Å². The van der Waals surface area contributed by atoms with Crippen molar-refractivity contribution < 1.29 is 29.0 Å². The molecule has 1 N–H and O–H groups in total. The SMILES string of the molecule is CCCOC(=O)c1cccc(N2C(=O)C(=O)/C(=C(/O)c3ccc(OC(C)C)c(C)c3)C2c2ccccc2)c1. The lowest BCUT2D eigenvalue weighted by molar-refractivity contribution is -0.132. The van der Waals surface area contributed by atoms with Crippen LogP contribution in [0.4, 0.5) is 5.69 Å². The summed E-state index contributed by atoms with van der Waals surface area (Å²) in [6.07, 6.45) is 0.657. The number of benzene rings is 3. The smallest absolute Gasteiger partial charge is 0.338 e. The molecule has 0 aliphatic carbocycles. The Morgan fingerprint density at radius 3 is 2.37 bits per heavy atom. The lowest BCUT2D eigenvalue weighted by Gasteiger charge is -2.25. The molecule has 1 aliphatic heterocycles. The number of hydrogen-bond acceptors (Lipinski definition) is 6. The summed E-state index contributed by atoms with van der Waals surface area (Å²) < 4.78 is 11.0. The summed E-state index contributed by atoms with van der Waals surface area (Å²) in [4.78, 5) is 40.7. The summed E-state index contributed by atoms with van der Waals surface area (Å²) >= 11 is 0. The van der Waals surface area contributed by atoms with Gasteiger partial charge in [0.05, 0.1) is 29.9 Å². The number of carbonyl (C=O) groups excluding carboxylic acids is 3. The first kappa shape index (κ1) is 26.7. The van der Waals surface area contributed by atoms with Gasteiger partial charge in [-0.05, 0) is 74.7 Å². The topological polar surface area (TPSA) is 93.1 Å². The van der Waals surface area contributed by atoms with E-state index in [0.29, 0.717) is 29.0 Å². The third kappa shape index (κ3) is 5.32. The zero-order chi connectivity index (χ0) is 27.4. The van der Waals surface area contributed by atoms with E-state index in [2.05, 4.69) is 0 Å². The predicted molar refractivity (Wildman–Crippen MR) is 145 cm³/mol. The maximum absolute atomic E-state index is 13.4. The van der Waals surface area contributed by atoms with Crippen molar-refractivity contribution >= 4 is 29.1 Å². The first-order valence-electron chi connectivity index (χ1n) is 12.6. The largest absolute Gasteiger partial charge is 0.507 e. The van der Waals surface area contributed by atoms with Gasteiger partial charge in [-0.25, -0.2) is 4.79 Å². The van der Waals surface area contributed by atoms with Gasteiger partial charge in [0.25, 0.3) is 11.7 Å². The average Bonchev–Trinajstić information content (AvgIpc) is 3.18. The minimum Gasteiger partial charge on any atom is -0.507 e.